The minimum absolute atomic E-state index is 0.324. The summed E-state index contributed by atoms with van der Waals surface area (Å²) in [5, 5.41) is 10.3. The molecule has 0 bridgehead atoms. The van der Waals surface area contributed by atoms with E-state index in [0.717, 1.165) is 11.1 Å². The van der Waals surface area contributed by atoms with Crippen LogP contribution in [0.1, 0.15) is 28.4 Å². The molecule has 0 aliphatic heterocycles. The number of halogens is 1. The molecule has 0 saturated heterocycles. The Morgan fingerprint density at radius 1 is 1.11 bits per heavy atom. The Balaban J connectivity index is 2.46. The first-order valence-electron chi connectivity index (χ1n) is 5.79. The summed E-state index contributed by atoms with van der Waals surface area (Å²) in [5.41, 5.74) is 8.76. The van der Waals surface area contributed by atoms with E-state index >= 15 is 0 Å². The Hall–Kier alpha value is -1.87. The van der Waals surface area contributed by atoms with Gasteiger partial charge in [-0.2, -0.15) is 0 Å². The molecular formula is C15H16FNO. The lowest BCUT2D eigenvalue weighted by Gasteiger charge is -2.16. The fourth-order valence-electron chi connectivity index (χ4n) is 2.12. The van der Waals surface area contributed by atoms with E-state index in [1.54, 1.807) is 31.2 Å². The van der Waals surface area contributed by atoms with Gasteiger partial charge >= 0.3 is 0 Å². The van der Waals surface area contributed by atoms with Gasteiger partial charge < -0.3 is 10.8 Å². The summed E-state index contributed by atoms with van der Waals surface area (Å²) in [6, 6.07) is 10.1. The molecule has 3 heteroatoms. The van der Waals surface area contributed by atoms with Crippen molar-refractivity contribution in [3.8, 4) is 0 Å². The Bertz CT molecular complexity index is 540. The molecule has 2 nitrogen and oxygen atoms in total. The average molecular weight is 245 g/mol. The second-order valence-corrected chi connectivity index (χ2v) is 4.55. The number of nitrogens with two attached hydrogens (primary N) is 1. The van der Waals surface area contributed by atoms with Crippen molar-refractivity contribution in [2.24, 2.45) is 0 Å². The summed E-state index contributed by atoms with van der Waals surface area (Å²) < 4.78 is 13.9. The van der Waals surface area contributed by atoms with Crippen molar-refractivity contribution in [1.29, 1.82) is 0 Å². The molecule has 0 saturated carbocycles. The van der Waals surface area contributed by atoms with Crippen LogP contribution in [0, 0.1) is 19.7 Å². The Morgan fingerprint density at radius 3 is 2.28 bits per heavy atom. The van der Waals surface area contributed by atoms with Crippen LogP contribution in [0.3, 0.4) is 0 Å². The lowest BCUT2D eigenvalue weighted by atomic mass is 9.95. The van der Waals surface area contributed by atoms with Gasteiger partial charge in [0.05, 0.1) is 0 Å². The van der Waals surface area contributed by atoms with Gasteiger partial charge in [-0.05, 0) is 48.7 Å². The maximum atomic E-state index is 13.9. The molecule has 2 rings (SSSR count). The summed E-state index contributed by atoms with van der Waals surface area (Å²) in [5.74, 6) is -0.378. The van der Waals surface area contributed by atoms with Gasteiger partial charge in [-0.25, -0.2) is 4.39 Å². The van der Waals surface area contributed by atoms with E-state index < -0.39 is 6.10 Å². The zero-order valence-electron chi connectivity index (χ0n) is 10.4. The zero-order valence-corrected chi connectivity index (χ0v) is 10.4. The topological polar surface area (TPSA) is 46.2 Å². The highest BCUT2D eigenvalue weighted by molar-refractivity contribution is 5.43. The van der Waals surface area contributed by atoms with Crippen LogP contribution in [-0.2, 0) is 0 Å². The number of rotatable bonds is 2. The van der Waals surface area contributed by atoms with Gasteiger partial charge in [-0.1, -0.05) is 18.2 Å². The predicted octanol–water partition coefficient (Wildman–Crippen LogP) is 3.11. The molecule has 1 atom stereocenters. The molecule has 0 amide bonds. The van der Waals surface area contributed by atoms with Gasteiger partial charge in [0.1, 0.15) is 11.9 Å². The van der Waals surface area contributed by atoms with E-state index in [0.29, 0.717) is 16.8 Å². The smallest absolute Gasteiger partial charge is 0.129 e. The predicted molar refractivity (Wildman–Crippen MR) is 70.8 cm³/mol. The summed E-state index contributed by atoms with van der Waals surface area (Å²) in [4.78, 5) is 0. The maximum Gasteiger partial charge on any atom is 0.129 e. The molecule has 0 radical (unpaired) electrons. The standard InChI is InChI=1S/C15H16FNO/c1-9-7-10(2)14(13(16)8-9)15(18)11-3-5-12(17)6-4-11/h3-8,15,18H,17H2,1-2H3. The van der Waals surface area contributed by atoms with E-state index in [1.165, 1.54) is 6.07 Å². The first kappa shape index (κ1) is 12.6. The molecule has 0 aromatic heterocycles. The Morgan fingerprint density at radius 2 is 1.72 bits per heavy atom. The van der Waals surface area contributed by atoms with Crippen LogP contribution in [0.5, 0.6) is 0 Å². The minimum atomic E-state index is -0.966. The van der Waals surface area contributed by atoms with Crippen LogP contribution in [0.15, 0.2) is 36.4 Å². The summed E-state index contributed by atoms with van der Waals surface area (Å²) >= 11 is 0. The van der Waals surface area contributed by atoms with Crippen molar-refractivity contribution in [3.05, 3.63) is 64.5 Å². The monoisotopic (exact) mass is 245 g/mol. The van der Waals surface area contributed by atoms with Gasteiger partial charge in [0, 0.05) is 11.3 Å². The SMILES string of the molecule is Cc1cc(C)c(C(O)c2ccc(N)cc2)c(F)c1. The van der Waals surface area contributed by atoms with E-state index in [9.17, 15) is 9.50 Å². The van der Waals surface area contributed by atoms with Crippen molar-refractivity contribution < 1.29 is 9.50 Å². The molecule has 0 aliphatic rings. The summed E-state index contributed by atoms with van der Waals surface area (Å²) in [6.45, 7) is 3.63. The molecule has 2 aromatic carbocycles. The molecule has 1 unspecified atom stereocenters. The number of aliphatic hydroxyl groups is 1. The first-order valence-corrected chi connectivity index (χ1v) is 5.79. The fourth-order valence-corrected chi connectivity index (χ4v) is 2.12. The number of hydrogen-bond donors (Lipinski definition) is 2. The van der Waals surface area contributed by atoms with Crippen LogP contribution in [0.4, 0.5) is 10.1 Å². The second kappa shape index (κ2) is 4.78. The van der Waals surface area contributed by atoms with Crippen LogP contribution in [0.25, 0.3) is 0 Å². The number of benzene rings is 2. The molecule has 0 spiro atoms. The highest BCUT2D eigenvalue weighted by Gasteiger charge is 2.17. The van der Waals surface area contributed by atoms with Crippen molar-refractivity contribution in [2.45, 2.75) is 20.0 Å². The van der Waals surface area contributed by atoms with Crippen LogP contribution < -0.4 is 5.73 Å². The quantitative estimate of drug-likeness (QED) is 0.798. The van der Waals surface area contributed by atoms with Crippen LogP contribution in [0.2, 0.25) is 0 Å². The van der Waals surface area contributed by atoms with Crippen LogP contribution >= 0.6 is 0 Å². The largest absolute Gasteiger partial charge is 0.399 e. The lowest BCUT2D eigenvalue weighted by molar-refractivity contribution is 0.214. The maximum absolute atomic E-state index is 13.9. The van der Waals surface area contributed by atoms with Gasteiger partial charge in [0.25, 0.3) is 0 Å². The number of aryl methyl sites for hydroxylation is 2. The van der Waals surface area contributed by atoms with Crippen molar-refractivity contribution in [3.63, 3.8) is 0 Å². The number of aliphatic hydroxyl groups excluding tert-OH is 1. The lowest BCUT2D eigenvalue weighted by Crippen LogP contribution is -2.06. The zero-order chi connectivity index (χ0) is 13.3. The van der Waals surface area contributed by atoms with E-state index in [1.807, 2.05) is 13.0 Å². The van der Waals surface area contributed by atoms with Gasteiger partial charge in [0.15, 0.2) is 0 Å². The van der Waals surface area contributed by atoms with E-state index in [4.69, 9.17) is 5.73 Å². The fraction of sp³-hybridized carbons (Fsp3) is 0.200. The van der Waals surface area contributed by atoms with Gasteiger partial charge in [-0.15, -0.1) is 0 Å². The third-order valence-corrected chi connectivity index (χ3v) is 3.01. The van der Waals surface area contributed by atoms with Crippen molar-refractivity contribution in [1.82, 2.24) is 0 Å². The molecule has 0 fully saturated rings. The number of hydrogen-bond acceptors (Lipinski definition) is 2. The third kappa shape index (κ3) is 2.36. The molecule has 94 valence electrons. The van der Waals surface area contributed by atoms with E-state index in [2.05, 4.69) is 0 Å². The number of anilines is 1. The molecule has 3 N–H and O–H groups in total. The number of nitrogen functional groups attached to an aromatic ring is 1. The molecular weight excluding hydrogens is 229 g/mol. The second-order valence-electron chi connectivity index (χ2n) is 4.55. The third-order valence-electron chi connectivity index (χ3n) is 3.01. The normalized spacial score (nSPS) is 12.4. The Labute approximate surface area is 106 Å². The average Bonchev–Trinajstić information content (AvgIpc) is 2.28. The van der Waals surface area contributed by atoms with Gasteiger partial charge in [0.2, 0.25) is 0 Å². The highest BCUT2D eigenvalue weighted by Crippen LogP contribution is 2.28. The molecule has 2 aromatic rings. The summed E-state index contributed by atoms with van der Waals surface area (Å²) in [6.07, 6.45) is -0.966. The Kier molecular flexibility index (Phi) is 3.34. The molecule has 18 heavy (non-hydrogen) atoms. The van der Waals surface area contributed by atoms with Crippen molar-refractivity contribution >= 4 is 5.69 Å². The minimum Gasteiger partial charge on any atom is -0.399 e. The first-order chi connectivity index (χ1) is 8.49. The highest BCUT2D eigenvalue weighted by atomic mass is 19.1. The van der Waals surface area contributed by atoms with Gasteiger partial charge in [-0.3, -0.25) is 0 Å². The summed E-state index contributed by atoms with van der Waals surface area (Å²) in [7, 11) is 0. The molecule has 0 aliphatic carbocycles. The van der Waals surface area contributed by atoms with Crippen molar-refractivity contribution in [2.75, 3.05) is 5.73 Å². The van der Waals surface area contributed by atoms with E-state index in [-0.39, 0.29) is 5.82 Å². The molecule has 0 heterocycles. The van der Waals surface area contributed by atoms with Crippen LogP contribution in [-0.4, -0.2) is 5.11 Å².